The first-order chi connectivity index (χ1) is 12.1. The Balaban J connectivity index is 1.60. The van der Waals surface area contributed by atoms with Crippen LogP contribution in [-0.2, 0) is 9.53 Å². The summed E-state index contributed by atoms with van der Waals surface area (Å²) in [6.07, 6.45) is 0. The number of hydrogen-bond donors (Lipinski definition) is 1. The molecule has 126 valence electrons. The molecule has 0 aliphatic rings. The van der Waals surface area contributed by atoms with E-state index in [0.717, 1.165) is 10.6 Å². The molecule has 0 radical (unpaired) electrons. The van der Waals surface area contributed by atoms with E-state index >= 15 is 0 Å². The number of hydrogen-bond acceptors (Lipinski definition) is 5. The first kappa shape index (κ1) is 16.9. The number of pyridine rings is 1. The molecule has 0 aliphatic carbocycles. The van der Waals surface area contributed by atoms with Crippen molar-refractivity contribution in [3.63, 3.8) is 0 Å². The van der Waals surface area contributed by atoms with E-state index in [9.17, 15) is 9.59 Å². The fourth-order valence-corrected chi connectivity index (χ4v) is 2.96. The molecule has 0 saturated carbocycles. The molecule has 0 unspecified atom stereocenters. The van der Waals surface area contributed by atoms with Crippen LogP contribution in [0.3, 0.4) is 0 Å². The maximum absolute atomic E-state index is 12.2. The summed E-state index contributed by atoms with van der Waals surface area (Å²) >= 11 is 1.58. The minimum Gasteiger partial charge on any atom is -0.452 e. The third-order valence-electron chi connectivity index (χ3n) is 3.47. The van der Waals surface area contributed by atoms with Gasteiger partial charge in [-0.1, -0.05) is 24.3 Å². The zero-order valence-electron chi connectivity index (χ0n) is 13.6. The number of carbonyl (C=O) groups excluding carboxylic acids is 2. The number of amides is 1. The molecule has 25 heavy (non-hydrogen) atoms. The van der Waals surface area contributed by atoms with Gasteiger partial charge in [-0.25, -0.2) is 4.79 Å². The van der Waals surface area contributed by atoms with Crippen molar-refractivity contribution >= 4 is 28.9 Å². The van der Waals surface area contributed by atoms with Crippen LogP contribution in [0, 0.1) is 6.92 Å². The molecule has 0 aliphatic heterocycles. The number of thiophene rings is 1. The summed E-state index contributed by atoms with van der Waals surface area (Å²) in [4.78, 5) is 29.5. The molecular weight excluding hydrogens is 336 g/mol. The number of para-hydroxylation sites is 1. The number of aromatic nitrogens is 1. The third kappa shape index (κ3) is 4.30. The fraction of sp³-hybridized carbons (Fsp3) is 0.105. The van der Waals surface area contributed by atoms with Crippen LogP contribution >= 0.6 is 11.3 Å². The molecule has 0 atom stereocenters. The summed E-state index contributed by atoms with van der Waals surface area (Å²) in [7, 11) is 0. The number of anilines is 1. The van der Waals surface area contributed by atoms with Crippen molar-refractivity contribution in [2.24, 2.45) is 0 Å². The van der Waals surface area contributed by atoms with Gasteiger partial charge >= 0.3 is 5.97 Å². The largest absolute Gasteiger partial charge is 0.452 e. The number of rotatable bonds is 5. The van der Waals surface area contributed by atoms with Crippen LogP contribution in [0.5, 0.6) is 0 Å². The molecule has 0 spiro atoms. The molecule has 2 heterocycles. The van der Waals surface area contributed by atoms with Crippen molar-refractivity contribution < 1.29 is 14.3 Å². The SMILES string of the molecule is Cc1nc(-c2cccs2)ccc1C(=O)OCC(=O)Nc1ccccc1. The number of aryl methyl sites for hydroxylation is 1. The van der Waals surface area contributed by atoms with Crippen LogP contribution < -0.4 is 5.32 Å². The molecular formula is C19H16N2O3S. The van der Waals surface area contributed by atoms with Crippen LogP contribution in [0.1, 0.15) is 16.1 Å². The Kier molecular flexibility index (Phi) is 5.20. The monoisotopic (exact) mass is 352 g/mol. The number of nitrogens with one attached hydrogen (secondary N) is 1. The second-order valence-electron chi connectivity index (χ2n) is 5.30. The summed E-state index contributed by atoms with van der Waals surface area (Å²) in [5.74, 6) is -0.952. The van der Waals surface area contributed by atoms with Gasteiger partial charge in [0.2, 0.25) is 0 Å². The topological polar surface area (TPSA) is 68.3 Å². The van der Waals surface area contributed by atoms with Crippen LogP contribution in [0.25, 0.3) is 10.6 Å². The lowest BCUT2D eigenvalue weighted by atomic mass is 10.2. The van der Waals surface area contributed by atoms with Gasteiger partial charge in [-0.2, -0.15) is 0 Å². The molecule has 3 rings (SSSR count). The Morgan fingerprint density at radius 1 is 1.08 bits per heavy atom. The maximum Gasteiger partial charge on any atom is 0.340 e. The van der Waals surface area contributed by atoms with Gasteiger partial charge in [-0.3, -0.25) is 9.78 Å². The Labute approximate surface area is 149 Å². The first-order valence-electron chi connectivity index (χ1n) is 7.67. The molecule has 1 amide bonds. The van der Waals surface area contributed by atoms with Crippen molar-refractivity contribution in [1.29, 1.82) is 0 Å². The van der Waals surface area contributed by atoms with E-state index in [0.29, 0.717) is 16.9 Å². The Morgan fingerprint density at radius 2 is 1.88 bits per heavy atom. The van der Waals surface area contributed by atoms with Crippen LogP contribution in [0.2, 0.25) is 0 Å². The van der Waals surface area contributed by atoms with Gasteiger partial charge < -0.3 is 10.1 Å². The molecule has 6 heteroatoms. The van der Waals surface area contributed by atoms with Gasteiger partial charge in [0.05, 0.1) is 21.8 Å². The Bertz CT molecular complexity index is 877. The zero-order valence-corrected chi connectivity index (χ0v) is 14.4. The predicted octanol–water partition coefficient (Wildman–Crippen LogP) is 3.91. The lowest BCUT2D eigenvalue weighted by molar-refractivity contribution is -0.119. The summed E-state index contributed by atoms with van der Waals surface area (Å²) < 4.78 is 5.09. The Morgan fingerprint density at radius 3 is 2.56 bits per heavy atom. The summed E-state index contributed by atoms with van der Waals surface area (Å²) in [6, 6.07) is 16.4. The predicted molar refractivity (Wildman–Crippen MR) is 97.6 cm³/mol. The van der Waals surface area contributed by atoms with E-state index < -0.39 is 5.97 Å². The highest BCUT2D eigenvalue weighted by atomic mass is 32.1. The van der Waals surface area contributed by atoms with E-state index in [1.54, 1.807) is 42.5 Å². The number of carbonyl (C=O) groups is 2. The maximum atomic E-state index is 12.2. The van der Waals surface area contributed by atoms with Gasteiger partial charge in [-0.05, 0) is 42.6 Å². The first-order valence-corrected chi connectivity index (χ1v) is 8.55. The second-order valence-corrected chi connectivity index (χ2v) is 6.24. The van der Waals surface area contributed by atoms with Gasteiger partial charge in [0.15, 0.2) is 6.61 Å². The van der Waals surface area contributed by atoms with Gasteiger partial charge in [0, 0.05) is 5.69 Å². The Hall–Kier alpha value is -2.99. The van der Waals surface area contributed by atoms with E-state index in [2.05, 4.69) is 10.3 Å². The lowest BCUT2D eigenvalue weighted by Gasteiger charge is -2.08. The van der Waals surface area contributed by atoms with Crippen molar-refractivity contribution in [1.82, 2.24) is 4.98 Å². The molecule has 1 aromatic carbocycles. The van der Waals surface area contributed by atoms with E-state index in [1.165, 1.54) is 0 Å². The summed E-state index contributed by atoms with van der Waals surface area (Å²) in [5.41, 5.74) is 2.39. The average Bonchev–Trinajstić information content (AvgIpc) is 3.15. The van der Waals surface area contributed by atoms with Crippen molar-refractivity contribution in [3.05, 3.63) is 71.2 Å². The van der Waals surface area contributed by atoms with Crippen LogP contribution in [0.15, 0.2) is 60.0 Å². The molecule has 5 nitrogen and oxygen atoms in total. The number of esters is 1. The third-order valence-corrected chi connectivity index (χ3v) is 4.36. The molecule has 0 saturated heterocycles. The smallest absolute Gasteiger partial charge is 0.340 e. The molecule has 2 aromatic heterocycles. The van der Waals surface area contributed by atoms with Gasteiger partial charge in [0.1, 0.15) is 0 Å². The summed E-state index contributed by atoms with van der Waals surface area (Å²) in [5, 5.41) is 4.63. The van der Waals surface area contributed by atoms with Crippen molar-refractivity contribution in [3.8, 4) is 10.6 Å². The standard InChI is InChI=1S/C19H16N2O3S/c1-13-15(9-10-16(20-13)17-8-5-11-25-17)19(23)24-12-18(22)21-14-6-3-2-4-7-14/h2-11H,12H2,1H3,(H,21,22). The molecule has 0 bridgehead atoms. The van der Waals surface area contributed by atoms with E-state index in [1.807, 2.05) is 35.7 Å². The van der Waals surface area contributed by atoms with Crippen LogP contribution in [0.4, 0.5) is 5.69 Å². The number of ether oxygens (including phenoxy) is 1. The van der Waals surface area contributed by atoms with E-state index in [4.69, 9.17) is 4.74 Å². The molecule has 1 N–H and O–H groups in total. The normalized spacial score (nSPS) is 10.3. The minimum atomic E-state index is -0.564. The highest BCUT2D eigenvalue weighted by Gasteiger charge is 2.15. The lowest BCUT2D eigenvalue weighted by Crippen LogP contribution is -2.21. The molecule has 3 aromatic rings. The summed E-state index contributed by atoms with van der Waals surface area (Å²) in [6.45, 7) is 1.40. The average molecular weight is 352 g/mol. The second kappa shape index (κ2) is 7.72. The minimum absolute atomic E-state index is 0.347. The van der Waals surface area contributed by atoms with Crippen molar-refractivity contribution in [2.75, 3.05) is 11.9 Å². The van der Waals surface area contributed by atoms with Gasteiger partial charge in [-0.15, -0.1) is 11.3 Å². The van der Waals surface area contributed by atoms with E-state index in [-0.39, 0.29) is 12.5 Å². The quantitative estimate of drug-likeness (QED) is 0.707. The van der Waals surface area contributed by atoms with Gasteiger partial charge in [0.25, 0.3) is 5.91 Å². The number of benzene rings is 1. The zero-order chi connectivity index (χ0) is 17.6. The fourth-order valence-electron chi connectivity index (χ4n) is 2.27. The highest BCUT2D eigenvalue weighted by Crippen LogP contribution is 2.23. The number of nitrogens with zero attached hydrogens (tertiary/aromatic N) is 1. The highest BCUT2D eigenvalue weighted by molar-refractivity contribution is 7.13. The molecule has 0 fully saturated rings. The van der Waals surface area contributed by atoms with Crippen molar-refractivity contribution in [2.45, 2.75) is 6.92 Å². The van der Waals surface area contributed by atoms with Crippen LogP contribution in [-0.4, -0.2) is 23.5 Å².